The highest BCUT2D eigenvalue weighted by molar-refractivity contribution is 7.89. The molecule has 0 amide bonds. The number of benzene rings is 1. The van der Waals surface area contributed by atoms with E-state index in [1.807, 2.05) is 38.1 Å². The van der Waals surface area contributed by atoms with Crippen molar-refractivity contribution < 1.29 is 17.4 Å². The second-order valence-corrected chi connectivity index (χ2v) is 9.02. The number of aromatic nitrogens is 1. The van der Waals surface area contributed by atoms with E-state index in [1.54, 1.807) is 22.7 Å². The third kappa shape index (κ3) is 3.76. The summed E-state index contributed by atoms with van der Waals surface area (Å²) in [7, 11) is -3.47. The molecule has 0 atom stereocenters. The first-order chi connectivity index (χ1) is 13.4. The Morgan fingerprint density at radius 3 is 2.50 bits per heavy atom. The van der Waals surface area contributed by atoms with E-state index in [-0.39, 0.29) is 0 Å². The van der Waals surface area contributed by atoms with Crippen LogP contribution in [0.15, 0.2) is 56.5 Å². The van der Waals surface area contributed by atoms with Gasteiger partial charge < -0.3 is 8.94 Å². The molecule has 0 unspecified atom stereocenters. The number of sulfonamides is 1. The van der Waals surface area contributed by atoms with E-state index in [2.05, 4.69) is 10.1 Å². The van der Waals surface area contributed by atoms with E-state index in [9.17, 15) is 8.42 Å². The van der Waals surface area contributed by atoms with Gasteiger partial charge in [-0.2, -0.15) is 4.31 Å². The maximum Gasteiger partial charge on any atom is 0.243 e. The van der Waals surface area contributed by atoms with Crippen LogP contribution in [0.25, 0.3) is 11.5 Å². The van der Waals surface area contributed by atoms with E-state index in [1.165, 1.54) is 0 Å². The minimum Gasteiger partial charge on any atom is -0.461 e. The Balaban J connectivity index is 1.39. The maximum atomic E-state index is 13.0. The molecular formula is C20H23N3O4S. The average molecular weight is 401 g/mol. The molecule has 4 rings (SSSR count). The second kappa shape index (κ2) is 7.54. The van der Waals surface area contributed by atoms with Gasteiger partial charge in [-0.1, -0.05) is 22.9 Å². The number of hydrogen-bond donors (Lipinski definition) is 0. The summed E-state index contributed by atoms with van der Waals surface area (Å²) >= 11 is 0. The molecule has 0 N–H and O–H groups in total. The van der Waals surface area contributed by atoms with Crippen LogP contribution in [0.1, 0.15) is 16.8 Å². The van der Waals surface area contributed by atoms with Crippen molar-refractivity contribution in [1.29, 1.82) is 0 Å². The van der Waals surface area contributed by atoms with Gasteiger partial charge in [-0.3, -0.25) is 4.90 Å². The molecule has 1 aromatic carbocycles. The summed E-state index contributed by atoms with van der Waals surface area (Å²) in [5, 5.41) is 4.09. The van der Waals surface area contributed by atoms with E-state index in [4.69, 9.17) is 8.94 Å². The summed E-state index contributed by atoms with van der Waals surface area (Å²) in [5.74, 6) is 1.24. The smallest absolute Gasteiger partial charge is 0.243 e. The largest absolute Gasteiger partial charge is 0.461 e. The molecule has 0 radical (unpaired) electrons. The lowest BCUT2D eigenvalue weighted by molar-refractivity contribution is 0.178. The minimum absolute atomic E-state index is 0.395. The number of piperazine rings is 1. The van der Waals surface area contributed by atoms with E-state index in [0.29, 0.717) is 49.1 Å². The summed E-state index contributed by atoms with van der Waals surface area (Å²) in [4.78, 5) is 2.57. The van der Waals surface area contributed by atoms with E-state index < -0.39 is 10.0 Å². The number of rotatable bonds is 5. The van der Waals surface area contributed by atoms with Gasteiger partial charge in [0.1, 0.15) is 0 Å². The fourth-order valence-electron chi connectivity index (χ4n) is 3.51. The van der Waals surface area contributed by atoms with Crippen LogP contribution in [0, 0.1) is 13.8 Å². The van der Waals surface area contributed by atoms with Gasteiger partial charge >= 0.3 is 0 Å². The zero-order valence-electron chi connectivity index (χ0n) is 16.0. The zero-order chi connectivity index (χ0) is 19.7. The maximum absolute atomic E-state index is 13.0. The van der Waals surface area contributed by atoms with Crippen LogP contribution < -0.4 is 0 Å². The molecule has 2 aromatic heterocycles. The highest BCUT2D eigenvalue weighted by Crippen LogP contribution is 2.24. The molecule has 3 aromatic rings. The molecule has 1 aliphatic rings. The molecule has 0 aliphatic carbocycles. The lowest BCUT2D eigenvalue weighted by Crippen LogP contribution is -2.48. The Hall–Kier alpha value is -2.42. The van der Waals surface area contributed by atoms with Gasteiger partial charge in [0, 0.05) is 38.8 Å². The van der Waals surface area contributed by atoms with Gasteiger partial charge in [0.2, 0.25) is 15.8 Å². The van der Waals surface area contributed by atoms with Crippen molar-refractivity contribution >= 4 is 10.0 Å². The predicted octanol–water partition coefficient (Wildman–Crippen LogP) is 3.06. The summed E-state index contributed by atoms with van der Waals surface area (Å²) < 4.78 is 38.2. The summed E-state index contributed by atoms with van der Waals surface area (Å²) in [6.45, 7) is 6.62. The number of furan rings is 1. The molecule has 0 spiro atoms. The van der Waals surface area contributed by atoms with Crippen molar-refractivity contribution in [3.8, 4) is 11.5 Å². The van der Waals surface area contributed by atoms with Crippen molar-refractivity contribution in [2.45, 2.75) is 25.3 Å². The highest BCUT2D eigenvalue weighted by Gasteiger charge is 2.29. The summed E-state index contributed by atoms with van der Waals surface area (Å²) in [6.07, 6.45) is 1.59. The van der Waals surface area contributed by atoms with Gasteiger partial charge in [0.15, 0.2) is 5.76 Å². The molecule has 0 bridgehead atoms. The van der Waals surface area contributed by atoms with E-state index in [0.717, 1.165) is 16.8 Å². The lowest BCUT2D eigenvalue weighted by Gasteiger charge is -2.33. The van der Waals surface area contributed by atoms with Crippen molar-refractivity contribution in [2.75, 3.05) is 26.2 Å². The fourth-order valence-corrected chi connectivity index (χ4v) is 5.13. The van der Waals surface area contributed by atoms with Gasteiger partial charge in [0.25, 0.3) is 0 Å². The fraction of sp³-hybridized carbons (Fsp3) is 0.350. The molecule has 7 nitrogen and oxygen atoms in total. The van der Waals surface area contributed by atoms with Crippen LogP contribution in [0.4, 0.5) is 0 Å². The molecule has 1 aliphatic heterocycles. The Bertz CT molecular complexity index is 1050. The van der Waals surface area contributed by atoms with Crippen LogP contribution >= 0.6 is 0 Å². The monoisotopic (exact) mass is 401 g/mol. The molecule has 28 heavy (non-hydrogen) atoms. The van der Waals surface area contributed by atoms with Crippen molar-refractivity contribution in [2.24, 2.45) is 0 Å². The Morgan fingerprint density at radius 2 is 1.82 bits per heavy atom. The Labute approximate surface area is 164 Å². The number of hydrogen-bond acceptors (Lipinski definition) is 6. The third-order valence-corrected chi connectivity index (χ3v) is 7.05. The summed E-state index contributed by atoms with van der Waals surface area (Å²) in [5.41, 5.74) is 2.65. The van der Waals surface area contributed by atoms with Crippen LogP contribution in [0.3, 0.4) is 0 Å². The van der Waals surface area contributed by atoms with Crippen LogP contribution in [0.5, 0.6) is 0 Å². The third-order valence-electron chi connectivity index (χ3n) is 4.99. The second-order valence-electron chi connectivity index (χ2n) is 7.11. The van der Waals surface area contributed by atoms with Crippen molar-refractivity contribution in [3.05, 3.63) is 59.5 Å². The topological polar surface area (TPSA) is 79.8 Å². The zero-order valence-corrected chi connectivity index (χ0v) is 16.8. The molecule has 0 saturated carbocycles. The number of nitrogens with zero attached hydrogens (tertiary/aromatic N) is 3. The molecule has 8 heteroatoms. The Morgan fingerprint density at radius 1 is 1.04 bits per heavy atom. The van der Waals surface area contributed by atoms with Crippen molar-refractivity contribution in [3.63, 3.8) is 0 Å². The molecule has 1 saturated heterocycles. The summed E-state index contributed by atoms with van der Waals surface area (Å²) in [6, 6.07) is 10.9. The lowest BCUT2D eigenvalue weighted by atomic mass is 10.2. The molecule has 1 fully saturated rings. The van der Waals surface area contributed by atoms with E-state index >= 15 is 0 Å². The van der Waals surface area contributed by atoms with Crippen LogP contribution in [0.2, 0.25) is 0 Å². The molecular weight excluding hydrogens is 378 g/mol. The van der Waals surface area contributed by atoms with Gasteiger partial charge in [0.05, 0.1) is 16.9 Å². The van der Waals surface area contributed by atoms with Gasteiger partial charge in [-0.05, 0) is 37.6 Å². The highest BCUT2D eigenvalue weighted by atomic mass is 32.2. The average Bonchev–Trinajstić information content (AvgIpc) is 3.33. The number of aryl methyl sites for hydroxylation is 2. The first-order valence-corrected chi connectivity index (χ1v) is 10.7. The SMILES string of the molecule is Cc1ccc(S(=O)(=O)N2CCN(Cc3cc(-c4ccco4)on3)CC2)c(C)c1. The molecule has 3 heterocycles. The predicted molar refractivity (Wildman–Crippen MR) is 104 cm³/mol. The molecule has 148 valence electrons. The van der Waals surface area contributed by atoms with Gasteiger partial charge in [-0.15, -0.1) is 0 Å². The van der Waals surface area contributed by atoms with Gasteiger partial charge in [-0.25, -0.2) is 8.42 Å². The first kappa shape index (κ1) is 18.9. The first-order valence-electron chi connectivity index (χ1n) is 9.23. The quantitative estimate of drug-likeness (QED) is 0.654. The normalized spacial score (nSPS) is 16.5. The standard InChI is InChI=1S/C20H23N3O4S/c1-15-5-6-20(16(2)12-15)28(24,25)23-9-7-22(8-10-23)14-17-13-19(27-21-17)18-4-3-11-26-18/h3-6,11-13H,7-10,14H2,1-2H3. The van der Waals surface area contributed by atoms with Crippen LogP contribution in [-0.4, -0.2) is 49.0 Å². The van der Waals surface area contributed by atoms with Crippen LogP contribution in [-0.2, 0) is 16.6 Å². The Kier molecular flexibility index (Phi) is 5.09. The minimum atomic E-state index is -3.47. The van der Waals surface area contributed by atoms with Crippen molar-refractivity contribution in [1.82, 2.24) is 14.4 Å².